The summed E-state index contributed by atoms with van der Waals surface area (Å²) < 4.78 is 0. The normalized spacial score (nSPS) is 9.80. The fourth-order valence-corrected chi connectivity index (χ4v) is 1.87. The Bertz CT molecular complexity index is 550. The molecule has 6 heteroatoms. The van der Waals surface area contributed by atoms with E-state index in [4.69, 9.17) is 10.4 Å². The van der Waals surface area contributed by atoms with Gasteiger partial charge < -0.3 is 5.11 Å². The van der Waals surface area contributed by atoms with Crippen molar-refractivity contribution in [1.82, 2.24) is 10.2 Å². The van der Waals surface area contributed by atoms with Crippen molar-refractivity contribution in [2.45, 2.75) is 0 Å². The highest BCUT2D eigenvalue weighted by molar-refractivity contribution is 7.15. The molecule has 0 radical (unpaired) electrons. The standard InChI is InChI=1S/C9H5N3O2S/c10-4-5-1-2-8(15-5)6-3-7(9(13)14)12-11-6/h1-3H,(H,11,12)(H,13,14). The van der Waals surface area contributed by atoms with Gasteiger partial charge in [0.2, 0.25) is 0 Å². The van der Waals surface area contributed by atoms with Gasteiger partial charge in [-0.15, -0.1) is 11.3 Å². The fraction of sp³-hybridized carbons (Fsp3) is 0. The predicted molar refractivity (Wildman–Crippen MR) is 53.6 cm³/mol. The maximum Gasteiger partial charge on any atom is 0.356 e. The molecule has 0 fully saturated rings. The molecule has 0 aliphatic heterocycles. The Morgan fingerprint density at radius 2 is 2.40 bits per heavy atom. The summed E-state index contributed by atoms with van der Waals surface area (Å²) in [4.78, 5) is 12.0. The van der Waals surface area contributed by atoms with Crippen LogP contribution < -0.4 is 0 Å². The smallest absolute Gasteiger partial charge is 0.356 e. The van der Waals surface area contributed by atoms with Crippen LogP contribution in [0.15, 0.2) is 18.2 Å². The average molecular weight is 219 g/mol. The minimum Gasteiger partial charge on any atom is -0.476 e. The average Bonchev–Trinajstić information content (AvgIpc) is 2.86. The van der Waals surface area contributed by atoms with Crippen LogP contribution >= 0.6 is 11.3 Å². The second-order valence-corrected chi connectivity index (χ2v) is 3.83. The number of H-pyrrole nitrogens is 1. The number of hydrogen-bond acceptors (Lipinski definition) is 4. The summed E-state index contributed by atoms with van der Waals surface area (Å²) in [5, 5.41) is 23.5. The molecule has 0 saturated carbocycles. The first kappa shape index (κ1) is 9.43. The maximum absolute atomic E-state index is 10.6. The Hall–Kier alpha value is -2.13. The first-order valence-corrected chi connectivity index (χ1v) is 4.81. The number of carboxylic acids is 1. The number of carbonyl (C=O) groups is 1. The van der Waals surface area contributed by atoms with Gasteiger partial charge in [-0.1, -0.05) is 0 Å². The molecule has 0 spiro atoms. The molecule has 5 nitrogen and oxygen atoms in total. The van der Waals surface area contributed by atoms with Crippen LogP contribution in [0.2, 0.25) is 0 Å². The lowest BCUT2D eigenvalue weighted by molar-refractivity contribution is 0.0690. The van der Waals surface area contributed by atoms with E-state index in [0.29, 0.717) is 10.6 Å². The second kappa shape index (κ2) is 3.55. The maximum atomic E-state index is 10.6. The third-order valence-corrected chi connectivity index (χ3v) is 2.80. The minimum absolute atomic E-state index is 0.0306. The molecule has 2 rings (SSSR count). The van der Waals surface area contributed by atoms with Crippen LogP contribution in [0.4, 0.5) is 0 Å². The highest BCUT2D eigenvalue weighted by atomic mass is 32.1. The van der Waals surface area contributed by atoms with Gasteiger partial charge in [-0.05, 0) is 18.2 Å². The van der Waals surface area contributed by atoms with Crippen molar-refractivity contribution in [1.29, 1.82) is 5.26 Å². The number of hydrogen-bond donors (Lipinski definition) is 2. The monoisotopic (exact) mass is 219 g/mol. The third kappa shape index (κ3) is 1.73. The molecule has 0 bridgehead atoms. The lowest BCUT2D eigenvalue weighted by Crippen LogP contribution is -1.95. The van der Waals surface area contributed by atoms with Crippen molar-refractivity contribution in [2.75, 3.05) is 0 Å². The topological polar surface area (TPSA) is 89.8 Å². The van der Waals surface area contributed by atoms with Crippen molar-refractivity contribution in [3.63, 3.8) is 0 Å². The molecule has 2 aromatic rings. The summed E-state index contributed by atoms with van der Waals surface area (Å²) in [5.74, 6) is -1.07. The van der Waals surface area contributed by atoms with E-state index in [2.05, 4.69) is 10.2 Å². The van der Waals surface area contributed by atoms with Crippen LogP contribution in [0.1, 0.15) is 15.4 Å². The van der Waals surface area contributed by atoms with Crippen molar-refractivity contribution >= 4 is 17.3 Å². The van der Waals surface area contributed by atoms with Crippen LogP contribution in [-0.4, -0.2) is 21.3 Å². The number of thiophene rings is 1. The summed E-state index contributed by atoms with van der Waals surface area (Å²) in [7, 11) is 0. The molecule has 0 unspecified atom stereocenters. The number of nitrogens with one attached hydrogen (secondary N) is 1. The van der Waals surface area contributed by atoms with Gasteiger partial charge in [0.15, 0.2) is 5.69 Å². The zero-order valence-corrected chi connectivity index (χ0v) is 8.21. The van der Waals surface area contributed by atoms with Gasteiger partial charge >= 0.3 is 5.97 Å². The number of nitriles is 1. The Labute approximate surface area is 88.6 Å². The lowest BCUT2D eigenvalue weighted by atomic mass is 10.3. The molecule has 0 amide bonds. The van der Waals surface area contributed by atoms with E-state index in [1.807, 2.05) is 6.07 Å². The van der Waals surface area contributed by atoms with Crippen LogP contribution in [0, 0.1) is 11.3 Å². The molecule has 0 aliphatic carbocycles. The molecule has 0 saturated heterocycles. The number of aromatic nitrogens is 2. The van der Waals surface area contributed by atoms with E-state index in [9.17, 15) is 4.79 Å². The number of carboxylic acid groups (broad SMARTS) is 1. The van der Waals surface area contributed by atoms with Gasteiger partial charge in [-0.3, -0.25) is 5.10 Å². The molecular formula is C9H5N3O2S. The Morgan fingerprint density at radius 1 is 1.60 bits per heavy atom. The van der Waals surface area contributed by atoms with Crippen LogP contribution in [0.3, 0.4) is 0 Å². The Kier molecular flexibility index (Phi) is 2.23. The molecule has 2 heterocycles. The molecular weight excluding hydrogens is 214 g/mol. The highest BCUT2D eigenvalue weighted by Crippen LogP contribution is 2.26. The number of aromatic amines is 1. The molecule has 0 aliphatic rings. The van der Waals surface area contributed by atoms with E-state index < -0.39 is 5.97 Å². The van der Waals surface area contributed by atoms with Crippen molar-refractivity contribution in [2.24, 2.45) is 0 Å². The fourth-order valence-electron chi connectivity index (χ4n) is 1.10. The SMILES string of the molecule is N#Cc1ccc(-c2cc(C(=O)O)n[nH]2)s1. The molecule has 2 N–H and O–H groups in total. The minimum atomic E-state index is -1.07. The summed E-state index contributed by atoms with van der Waals surface area (Å²) in [6.45, 7) is 0. The van der Waals surface area contributed by atoms with Crippen molar-refractivity contribution in [3.8, 4) is 16.6 Å². The molecule has 74 valence electrons. The summed E-state index contributed by atoms with van der Waals surface area (Å²) in [6, 6.07) is 6.89. The number of rotatable bonds is 2. The summed E-state index contributed by atoms with van der Waals surface area (Å²) >= 11 is 1.29. The number of nitrogens with zero attached hydrogens (tertiary/aromatic N) is 2. The van der Waals surface area contributed by atoms with Gasteiger partial charge in [0.25, 0.3) is 0 Å². The second-order valence-electron chi connectivity index (χ2n) is 2.75. The summed E-state index contributed by atoms with van der Waals surface area (Å²) in [6.07, 6.45) is 0. The van der Waals surface area contributed by atoms with E-state index in [0.717, 1.165) is 4.88 Å². The third-order valence-electron chi connectivity index (χ3n) is 1.78. The van der Waals surface area contributed by atoms with Crippen molar-refractivity contribution in [3.05, 3.63) is 28.8 Å². The summed E-state index contributed by atoms with van der Waals surface area (Å²) in [5.41, 5.74) is 0.579. The van der Waals surface area contributed by atoms with Gasteiger partial charge in [-0.25, -0.2) is 4.79 Å². The van der Waals surface area contributed by atoms with Gasteiger partial charge in [0.05, 0.1) is 10.6 Å². The van der Waals surface area contributed by atoms with Gasteiger partial charge in [0.1, 0.15) is 10.9 Å². The zero-order chi connectivity index (χ0) is 10.8. The number of aromatic carboxylic acids is 1. The molecule has 0 atom stereocenters. The zero-order valence-electron chi connectivity index (χ0n) is 7.39. The van der Waals surface area contributed by atoms with Crippen LogP contribution in [-0.2, 0) is 0 Å². The first-order valence-electron chi connectivity index (χ1n) is 3.99. The van der Waals surface area contributed by atoms with Gasteiger partial charge in [-0.2, -0.15) is 10.4 Å². The Morgan fingerprint density at radius 3 is 2.93 bits per heavy atom. The van der Waals surface area contributed by atoms with E-state index >= 15 is 0 Å². The van der Waals surface area contributed by atoms with E-state index in [-0.39, 0.29) is 5.69 Å². The Balaban J connectivity index is 2.38. The van der Waals surface area contributed by atoms with Crippen molar-refractivity contribution < 1.29 is 9.90 Å². The molecule has 0 aromatic carbocycles. The highest BCUT2D eigenvalue weighted by Gasteiger charge is 2.10. The largest absolute Gasteiger partial charge is 0.476 e. The van der Waals surface area contributed by atoms with Gasteiger partial charge in [0, 0.05) is 0 Å². The van der Waals surface area contributed by atoms with E-state index in [1.165, 1.54) is 17.4 Å². The quantitative estimate of drug-likeness (QED) is 0.804. The predicted octanol–water partition coefficient (Wildman–Crippen LogP) is 1.71. The first-order chi connectivity index (χ1) is 7.20. The van der Waals surface area contributed by atoms with Crippen LogP contribution in [0.5, 0.6) is 0 Å². The van der Waals surface area contributed by atoms with Crippen LogP contribution in [0.25, 0.3) is 10.6 Å². The molecule has 15 heavy (non-hydrogen) atoms. The molecule has 2 aromatic heterocycles. The van der Waals surface area contributed by atoms with E-state index in [1.54, 1.807) is 12.1 Å². The lowest BCUT2D eigenvalue weighted by Gasteiger charge is -1.86.